The average molecular weight is 1070 g/mol. The number of carbonyl (C=O) groups excluding carboxylic acids is 2. The van der Waals surface area contributed by atoms with Crippen LogP contribution in [0.15, 0.2) is 72.9 Å². The second-order valence-corrected chi connectivity index (χ2v) is 23.7. The van der Waals surface area contributed by atoms with Crippen LogP contribution in [0.1, 0.15) is 278 Å². The maximum atomic E-state index is 13.5. The lowest BCUT2D eigenvalue weighted by atomic mass is 10.0. The molecule has 0 rings (SSSR count). The number of hydrogen-bond donors (Lipinski definition) is 2. The fourth-order valence-electron chi connectivity index (χ4n) is 8.76. The van der Waals surface area contributed by atoms with Crippen LogP contribution < -0.4 is 5.32 Å². The number of esters is 1. The molecule has 9 nitrogen and oxygen atoms in total. The third-order valence-corrected chi connectivity index (χ3v) is 14.6. The molecule has 3 unspecified atom stereocenters. The Hall–Kier alpha value is -2.55. The van der Waals surface area contributed by atoms with E-state index in [0.717, 1.165) is 64.2 Å². The molecule has 3 atom stereocenters. The Bertz CT molecular complexity index is 1510. The highest BCUT2D eigenvalue weighted by Crippen LogP contribution is 2.43. The summed E-state index contributed by atoms with van der Waals surface area (Å²) in [6.07, 6.45) is 70.6. The van der Waals surface area contributed by atoms with Gasteiger partial charge >= 0.3 is 13.8 Å². The molecule has 0 saturated heterocycles. The Labute approximate surface area is 463 Å². The molecule has 75 heavy (non-hydrogen) atoms. The lowest BCUT2D eigenvalue weighted by Gasteiger charge is -2.27. The third kappa shape index (κ3) is 56.0. The van der Waals surface area contributed by atoms with E-state index in [4.69, 9.17) is 13.8 Å². The fourth-order valence-corrected chi connectivity index (χ4v) is 9.50. The van der Waals surface area contributed by atoms with Gasteiger partial charge in [-0.3, -0.25) is 18.6 Å². The number of allylic oxidation sites excluding steroid dienone is 11. The Morgan fingerprint density at radius 3 is 1.27 bits per heavy atom. The van der Waals surface area contributed by atoms with Crippen LogP contribution in [-0.4, -0.2) is 74.3 Å². The van der Waals surface area contributed by atoms with Crippen LogP contribution in [0.25, 0.3) is 0 Å². The normalized spacial score (nSPS) is 14.2. The predicted octanol–water partition coefficient (Wildman–Crippen LogP) is 19.2. The van der Waals surface area contributed by atoms with Crippen molar-refractivity contribution in [2.45, 2.75) is 290 Å². The number of amides is 1. The van der Waals surface area contributed by atoms with Crippen LogP contribution in [0.2, 0.25) is 0 Å². The molecule has 0 aliphatic carbocycles. The van der Waals surface area contributed by atoms with Crippen molar-refractivity contribution in [3.8, 4) is 0 Å². The van der Waals surface area contributed by atoms with Crippen molar-refractivity contribution in [2.24, 2.45) is 0 Å². The summed E-state index contributed by atoms with van der Waals surface area (Å²) in [4.78, 5) is 37.6. The molecule has 436 valence electrons. The molecule has 0 aliphatic heterocycles. The van der Waals surface area contributed by atoms with Crippen molar-refractivity contribution < 1.29 is 37.3 Å². The first kappa shape index (κ1) is 72.5. The summed E-state index contributed by atoms with van der Waals surface area (Å²) in [5.41, 5.74) is 0. The van der Waals surface area contributed by atoms with Crippen LogP contribution >= 0.6 is 7.82 Å². The quantitative estimate of drug-likeness (QED) is 0.0205. The molecule has 0 saturated carbocycles. The van der Waals surface area contributed by atoms with E-state index in [1.165, 1.54) is 173 Å². The minimum absolute atomic E-state index is 0.0287. The number of ether oxygens (including phenoxy) is 1. The number of phosphoric acid groups is 1. The van der Waals surface area contributed by atoms with Gasteiger partial charge in [0, 0.05) is 12.8 Å². The van der Waals surface area contributed by atoms with Crippen molar-refractivity contribution >= 4 is 19.7 Å². The van der Waals surface area contributed by atoms with Gasteiger partial charge in [-0.05, 0) is 89.5 Å². The Balaban J connectivity index is 5.25. The number of hydrogen-bond acceptors (Lipinski definition) is 6. The van der Waals surface area contributed by atoms with Gasteiger partial charge in [0.15, 0.2) is 0 Å². The Kier molecular flexibility index (Phi) is 52.9. The van der Waals surface area contributed by atoms with E-state index in [1.807, 2.05) is 39.4 Å². The van der Waals surface area contributed by atoms with E-state index in [0.29, 0.717) is 17.4 Å². The van der Waals surface area contributed by atoms with Gasteiger partial charge in [-0.1, -0.05) is 248 Å². The molecule has 2 N–H and O–H groups in total. The standard InChI is InChI=1S/C65H119N2O7P/c1-7-10-13-16-19-22-25-28-29-30-31-32-33-34-35-36-37-40-43-46-49-52-55-58-65(69)74-63(56-53-50-47-44-41-38-26-23-20-17-14-11-8-2)62(61-73-75(70,71)72-60-59-67(4,5)6)66-64(68)57-54-51-48-45-42-39-27-24-21-18-15-12-9-3/h19,22,28-29,31-32,39,42,48,51,53,56,62-63H,7-18,20-21,23-27,30,33-38,40-41,43-47,49-50,52,54-55,57-61H2,1-6H3,(H-,66,68,70,71)/p+1/b22-19-,29-28-,32-31-,42-39-,51-48+,56-53-. The van der Waals surface area contributed by atoms with Gasteiger partial charge in [0.2, 0.25) is 5.91 Å². The van der Waals surface area contributed by atoms with E-state index in [9.17, 15) is 19.0 Å². The average Bonchev–Trinajstić information content (AvgIpc) is 3.37. The van der Waals surface area contributed by atoms with Gasteiger partial charge in [0.05, 0.1) is 33.8 Å². The van der Waals surface area contributed by atoms with Crippen molar-refractivity contribution in [2.75, 3.05) is 40.9 Å². The van der Waals surface area contributed by atoms with Crippen molar-refractivity contribution in [1.29, 1.82) is 0 Å². The van der Waals surface area contributed by atoms with Crippen molar-refractivity contribution in [3.63, 3.8) is 0 Å². The maximum Gasteiger partial charge on any atom is 0.472 e. The fraction of sp³-hybridized carbons (Fsp3) is 0.785. The number of quaternary nitrogens is 1. The molecule has 0 aromatic heterocycles. The van der Waals surface area contributed by atoms with E-state index < -0.39 is 20.0 Å². The van der Waals surface area contributed by atoms with Crippen molar-refractivity contribution in [3.05, 3.63) is 72.9 Å². The predicted molar refractivity (Wildman–Crippen MR) is 323 cm³/mol. The van der Waals surface area contributed by atoms with Gasteiger partial charge in [-0.25, -0.2) is 4.57 Å². The summed E-state index contributed by atoms with van der Waals surface area (Å²) in [6, 6.07) is -0.882. The summed E-state index contributed by atoms with van der Waals surface area (Å²) in [5.74, 6) is -0.585. The van der Waals surface area contributed by atoms with Crippen LogP contribution in [0.3, 0.4) is 0 Å². The maximum absolute atomic E-state index is 13.5. The largest absolute Gasteiger partial charge is 0.472 e. The molecule has 0 fully saturated rings. The van der Waals surface area contributed by atoms with Crippen LogP contribution in [-0.2, 0) is 27.9 Å². The van der Waals surface area contributed by atoms with E-state index in [-0.39, 0.29) is 37.9 Å². The van der Waals surface area contributed by atoms with Gasteiger partial charge in [-0.2, -0.15) is 0 Å². The summed E-state index contributed by atoms with van der Waals surface area (Å²) >= 11 is 0. The molecule has 0 aromatic rings. The zero-order valence-corrected chi connectivity index (χ0v) is 50.7. The van der Waals surface area contributed by atoms with Gasteiger partial charge < -0.3 is 19.4 Å². The lowest BCUT2D eigenvalue weighted by Crippen LogP contribution is -2.47. The molecule has 0 spiro atoms. The molecule has 1 amide bonds. The van der Waals surface area contributed by atoms with Crippen molar-refractivity contribution in [1.82, 2.24) is 5.32 Å². The molecule has 0 bridgehead atoms. The number of unbranched alkanes of at least 4 members (excludes halogenated alkanes) is 30. The van der Waals surface area contributed by atoms with E-state index >= 15 is 0 Å². The number of likely N-dealkylation sites (N-methyl/N-ethyl adjacent to an activating group) is 1. The second-order valence-electron chi connectivity index (χ2n) is 22.2. The van der Waals surface area contributed by atoms with Crippen LogP contribution in [0, 0.1) is 0 Å². The summed E-state index contributed by atoms with van der Waals surface area (Å²) < 4.78 is 30.6. The molecule has 0 heterocycles. The topological polar surface area (TPSA) is 111 Å². The summed E-state index contributed by atoms with van der Waals surface area (Å²) in [5, 5.41) is 3.01. The number of phosphoric ester groups is 1. The van der Waals surface area contributed by atoms with Gasteiger partial charge in [0.25, 0.3) is 0 Å². The molecule has 0 aliphatic rings. The van der Waals surface area contributed by atoms with Gasteiger partial charge in [-0.15, -0.1) is 0 Å². The zero-order chi connectivity index (χ0) is 55.0. The first-order chi connectivity index (χ1) is 36.4. The molecular weight excluding hydrogens is 952 g/mol. The SMILES string of the molecule is CCCCC/C=C\C/C=C\C/C=C\CCCCCCCCCCCCC(=O)OC(/C=C\CCCCCCCCCCCCC)C(COP(=O)(O)OCC[N+](C)(C)C)NC(=O)CC/C=C/C/C=C\CCCCCCCC. The summed E-state index contributed by atoms with van der Waals surface area (Å²) in [6.45, 7) is 6.94. The van der Waals surface area contributed by atoms with E-state index in [1.54, 1.807) is 0 Å². The highest BCUT2D eigenvalue weighted by molar-refractivity contribution is 7.47. The summed E-state index contributed by atoms with van der Waals surface area (Å²) in [7, 11) is 1.46. The third-order valence-electron chi connectivity index (χ3n) is 13.6. The first-order valence-corrected chi connectivity index (χ1v) is 32.8. The lowest BCUT2D eigenvalue weighted by molar-refractivity contribution is -0.870. The molecule has 10 heteroatoms. The molecule has 0 radical (unpaired) electrons. The second kappa shape index (κ2) is 54.8. The van der Waals surface area contributed by atoms with Gasteiger partial charge in [0.1, 0.15) is 19.3 Å². The highest BCUT2D eigenvalue weighted by atomic mass is 31.2. The van der Waals surface area contributed by atoms with Crippen LogP contribution in [0.4, 0.5) is 0 Å². The Morgan fingerprint density at radius 2 is 0.827 bits per heavy atom. The smallest absolute Gasteiger partial charge is 0.456 e. The molecule has 0 aromatic carbocycles. The van der Waals surface area contributed by atoms with Crippen LogP contribution in [0.5, 0.6) is 0 Å². The highest BCUT2D eigenvalue weighted by Gasteiger charge is 2.30. The number of nitrogens with one attached hydrogen (secondary N) is 1. The minimum atomic E-state index is -4.46. The Morgan fingerprint density at radius 1 is 0.467 bits per heavy atom. The first-order valence-electron chi connectivity index (χ1n) is 31.3. The number of nitrogens with zero attached hydrogens (tertiary/aromatic N) is 1. The monoisotopic (exact) mass is 1070 g/mol. The number of carbonyl (C=O) groups is 2. The zero-order valence-electron chi connectivity index (χ0n) is 49.8. The minimum Gasteiger partial charge on any atom is -0.456 e. The molecular formula is C65H120N2O7P+. The number of rotatable bonds is 56. The van der Waals surface area contributed by atoms with E-state index in [2.05, 4.69) is 80.8 Å².